The summed E-state index contributed by atoms with van der Waals surface area (Å²) in [5, 5.41) is 13.9. The van der Waals surface area contributed by atoms with Gasteiger partial charge in [0, 0.05) is 0 Å². The number of hydrogen-bond donors (Lipinski definition) is 2. The van der Waals surface area contributed by atoms with E-state index in [-0.39, 0.29) is 0 Å². The van der Waals surface area contributed by atoms with Crippen LogP contribution in [-0.4, -0.2) is 16.4 Å². The Kier molecular flexibility index (Phi) is 13.4. The Balaban J connectivity index is 0. The first kappa shape index (κ1) is 9.14. The topological polar surface area (TPSA) is 74.6 Å². The Bertz CT molecular complexity index is 38.8. The molecule has 0 aliphatic rings. The van der Waals surface area contributed by atoms with E-state index in [1.165, 1.54) is 0 Å². The zero-order chi connectivity index (χ0) is 5.58. The predicted octanol–water partition coefficient (Wildman–Crippen LogP) is 0.101. The van der Waals surface area contributed by atoms with Crippen LogP contribution in [0.3, 0.4) is 0 Å². The van der Waals surface area contributed by atoms with Gasteiger partial charge in [0.05, 0.1) is 0 Å². The van der Waals surface area contributed by atoms with E-state index in [0.29, 0.717) is 0 Å². The summed E-state index contributed by atoms with van der Waals surface area (Å²) in [6.07, 6.45) is -1.83. The molecule has 0 aromatic rings. The van der Waals surface area contributed by atoms with Crippen LogP contribution in [0.4, 0.5) is 4.79 Å². The van der Waals surface area contributed by atoms with Crippen LogP contribution >= 0.6 is 0 Å². The Morgan fingerprint density at radius 3 is 1.33 bits per heavy atom. The Morgan fingerprint density at radius 2 is 1.33 bits per heavy atom. The predicted molar refractivity (Wildman–Crippen MR) is 11.3 cm³/mol. The van der Waals surface area contributed by atoms with Gasteiger partial charge in [-0.25, -0.2) is 4.79 Å². The SMILES string of the molecule is O=C(O)O.[O]=[Fe]. The molecule has 0 atom stereocenters. The molecule has 0 unspecified atom stereocenters. The molecule has 0 aromatic heterocycles. The average molecular weight is 134 g/mol. The van der Waals surface area contributed by atoms with Gasteiger partial charge in [-0.15, -0.1) is 0 Å². The second kappa shape index (κ2) is 8.82. The van der Waals surface area contributed by atoms with Crippen molar-refractivity contribution in [3.63, 3.8) is 0 Å². The van der Waals surface area contributed by atoms with Crippen molar-refractivity contribution >= 4 is 6.16 Å². The minimum atomic E-state index is -1.83. The van der Waals surface area contributed by atoms with Crippen LogP contribution < -0.4 is 0 Å². The van der Waals surface area contributed by atoms with Gasteiger partial charge in [-0.3, -0.25) is 0 Å². The molecule has 0 rings (SSSR count). The maximum absolute atomic E-state index is 8.56. The third-order valence-corrected chi connectivity index (χ3v) is 0. The Morgan fingerprint density at radius 1 is 1.33 bits per heavy atom. The van der Waals surface area contributed by atoms with Gasteiger partial charge in [0.1, 0.15) is 0 Å². The summed E-state index contributed by atoms with van der Waals surface area (Å²) in [7, 11) is 0. The zero-order valence-corrected chi connectivity index (χ0v) is 3.67. The second-order valence-corrected chi connectivity index (χ2v) is 0.283. The van der Waals surface area contributed by atoms with Gasteiger partial charge in [0.2, 0.25) is 0 Å². The molecule has 0 spiro atoms. The molecule has 0 radical (unpaired) electrons. The fraction of sp³-hybridized carbons (Fsp3) is 0. The molecule has 6 heavy (non-hydrogen) atoms. The van der Waals surface area contributed by atoms with E-state index in [0.717, 1.165) is 0 Å². The van der Waals surface area contributed by atoms with E-state index in [1.54, 1.807) is 0 Å². The van der Waals surface area contributed by atoms with Crippen molar-refractivity contribution < 1.29 is 34.8 Å². The number of carbonyl (C=O) groups is 1. The van der Waals surface area contributed by atoms with Crippen molar-refractivity contribution in [3.8, 4) is 0 Å². The second-order valence-electron chi connectivity index (χ2n) is 0.283. The summed E-state index contributed by atoms with van der Waals surface area (Å²) in [5.74, 6) is 0. The van der Waals surface area contributed by atoms with E-state index in [2.05, 4.69) is 0 Å². The summed E-state index contributed by atoms with van der Waals surface area (Å²) in [6, 6.07) is 0. The first-order valence-electron chi connectivity index (χ1n) is 0.796. The van der Waals surface area contributed by atoms with Crippen molar-refractivity contribution in [2.75, 3.05) is 0 Å². The van der Waals surface area contributed by atoms with Gasteiger partial charge in [-0.1, -0.05) is 0 Å². The van der Waals surface area contributed by atoms with Crippen molar-refractivity contribution in [2.24, 2.45) is 0 Å². The Hall–Kier alpha value is -0.411. The van der Waals surface area contributed by atoms with Crippen molar-refractivity contribution in [3.05, 3.63) is 0 Å². The monoisotopic (exact) mass is 134 g/mol. The van der Waals surface area contributed by atoms with Crippen LogP contribution in [0.5, 0.6) is 0 Å². The van der Waals surface area contributed by atoms with Crippen molar-refractivity contribution in [1.82, 2.24) is 0 Å². The van der Waals surface area contributed by atoms with E-state index in [9.17, 15) is 0 Å². The van der Waals surface area contributed by atoms with Gasteiger partial charge in [-0.2, -0.15) is 0 Å². The third kappa shape index (κ3) is 143. The molecule has 38 valence electrons. The molecule has 0 saturated heterocycles. The molecule has 0 aromatic carbocycles. The van der Waals surface area contributed by atoms with Crippen LogP contribution in [0.15, 0.2) is 0 Å². The number of hydrogen-bond acceptors (Lipinski definition) is 2. The zero-order valence-electron chi connectivity index (χ0n) is 2.56. The first-order chi connectivity index (χ1) is 2.73. The summed E-state index contributed by atoms with van der Waals surface area (Å²) >= 11 is 2.00. The molecule has 4 nitrogen and oxygen atoms in total. The molecule has 0 aliphatic carbocycles. The summed E-state index contributed by atoms with van der Waals surface area (Å²) in [6.45, 7) is 0. The fourth-order valence-electron chi connectivity index (χ4n) is 0. The van der Waals surface area contributed by atoms with Gasteiger partial charge in [0.15, 0.2) is 0 Å². The van der Waals surface area contributed by atoms with Gasteiger partial charge < -0.3 is 10.2 Å². The average Bonchev–Trinajstić information content (AvgIpc) is 1.41. The van der Waals surface area contributed by atoms with Crippen molar-refractivity contribution in [2.45, 2.75) is 0 Å². The summed E-state index contributed by atoms with van der Waals surface area (Å²) in [5.41, 5.74) is 0. The van der Waals surface area contributed by atoms with Crippen LogP contribution in [0.1, 0.15) is 0 Å². The van der Waals surface area contributed by atoms with Crippen LogP contribution in [-0.2, 0) is 19.8 Å². The van der Waals surface area contributed by atoms with E-state index >= 15 is 0 Å². The Labute approximate surface area is 41.8 Å². The van der Waals surface area contributed by atoms with Crippen LogP contribution in [0, 0.1) is 0 Å². The van der Waals surface area contributed by atoms with Crippen LogP contribution in [0.25, 0.3) is 0 Å². The molecule has 2 N–H and O–H groups in total. The third-order valence-electron chi connectivity index (χ3n) is 0. The minimum absolute atomic E-state index is 1.83. The maximum atomic E-state index is 8.56. The molecule has 0 aliphatic heterocycles. The first-order valence-corrected chi connectivity index (χ1v) is 1.25. The van der Waals surface area contributed by atoms with Gasteiger partial charge in [0.25, 0.3) is 0 Å². The van der Waals surface area contributed by atoms with Gasteiger partial charge >= 0.3 is 25.9 Å². The quantitative estimate of drug-likeness (QED) is 0.460. The molecule has 0 fully saturated rings. The van der Waals surface area contributed by atoms with Crippen molar-refractivity contribution in [1.29, 1.82) is 0 Å². The van der Waals surface area contributed by atoms with Crippen LogP contribution in [0.2, 0.25) is 0 Å². The van der Waals surface area contributed by atoms with Gasteiger partial charge in [-0.05, 0) is 0 Å². The molecule has 0 amide bonds. The normalized spacial score (nSPS) is 4.83. The van der Waals surface area contributed by atoms with E-state index in [1.807, 2.05) is 15.9 Å². The molecule has 5 heteroatoms. The van der Waals surface area contributed by atoms with E-state index < -0.39 is 6.16 Å². The van der Waals surface area contributed by atoms with E-state index in [4.69, 9.17) is 18.8 Å². The number of carboxylic acid groups (broad SMARTS) is 2. The molecular formula is CH2FeO4. The molecule has 0 bridgehead atoms. The molecular weight excluding hydrogens is 132 g/mol. The fourth-order valence-corrected chi connectivity index (χ4v) is 0. The number of rotatable bonds is 0. The molecule has 0 saturated carbocycles. The summed E-state index contributed by atoms with van der Waals surface area (Å²) < 4.78 is 8.00. The summed E-state index contributed by atoms with van der Waals surface area (Å²) in [4.78, 5) is 8.56. The molecule has 0 heterocycles. The standard InChI is InChI=1S/CH2O3.Fe.O/c2-1(3)4;;/h(H2,2,3,4);;.